The van der Waals surface area contributed by atoms with Crippen LogP contribution in [-0.2, 0) is 71.1 Å². The molecule has 56 heavy (non-hydrogen) atoms. The summed E-state index contributed by atoms with van der Waals surface area (Å²) in [6.07, 6.45) is 1.61. The monoisotopic (exact) mass is 766 g/mol. The van der Waals surface area contributed by atoms with E-state index in [0.717, 1.165) is 66.8 Å². The van der Waals surface area contributed by atoms with Crippen molar-refractivity contribution in [3.63, 3.8) is 0 Å². The molecule has 0 N–H and O–H groups in total. The molecule has 300 valence electrons. The Labute approximate surface area is 332 Å². The van der Waals surface area contributed by atoms with Gasteiger partial charge < -0.3 is 38.2 Å². The Morgan fingerprint density at radius 3 is 0.875 bits per heavy atom. The normalized spacial score (nSPS) is 12.3. The topological polar surface area (TPSA) is 96.0 Å². The van der Waals surface area contributed by atoms with Gasteiger partial charge in [-0.05, 0) is 97.9 Å². The van der Waals surface area contributed by atoms with Crippen molar-refractivity contribution < 1.29 is 38.0 Å². The maximum absolute atomic E-state index is 13.5. The number of methoxy groups -OCH3 is 4. The van der Waals surface area contributed by atoms with Gasteiger partial charge in [0.2, 0.25) is 0 Å². The van der Waals surface area contributed by atoms with Gasteiger partial charge in [-0.15, -0.1) is 0 Å². The summed E-state index contributed by atoms with van der Waals surface area (Å²) in [4.78, 5) is 30.4. The number of hydrogen-bond donors (Lipinski definition) is 0. The van der Waals surface area contributed by atoms with Gasteiger partial charge in [0.1, 0.15) is 11.5 Å². The molecule has 10 heteroatoms. The van der Waals surface area contributed by atoms with Crippen molar-refractivity contribution in [3.05, 3.63) is 127 Å². The third-order valence-electron chi connectivity index (χ3n) is 10.5. The van der Waals surface area contributed by atoms with Crippen LogP contribution in [0.15, 0.2) is 60.7 Å². The maximum atomic E-state index is 13.5. The Kier molecular flexibility index (Phi) is 15.5. The zero-order valence-corrected chi connectivity index (χ0v) is 34.4. The van der Waals surface area contributed by atoms with Crippen molar-refractivity contribution in [2.24, 2.45) is 0 Å². The lowest BCUT2D eigenvalue weighted by molar-refractivity contribution is 0.146. The fourth-order valence-electron chi connectivity index (χ4n) is 7.50. The number of hydrogen-bond acceptors (Lipinski definition) is 8. The third-order valence-corrected chi connectivity index (χ3v) is 10.5. The predicted molar refractivity (Wildman–Crippen MR) is 218 cm³/mol. The maximum Gasteiger partial charge on any atom is 0.415 e. The van der Waals surface area contributed by atoms with E-state index in [2.05, 4.69) is 60.7 Å². The van der Waals surface area contributed by atoms with Gasteiger partial charge in [0, 0.05) is 76.9 Å². The van der Waals surface area contributed by atoms with Crippen molar-refractivity contribution in [3.8, 4) is 11.5 Å². The Hall–Kier alpha value is -4.74. The van der Waals surface area contributed by atoms with E-state index in [9.17, 15) is 9.59 Å². The lowest BCUT2D eigenvalue weighted by Gasteiger charge is -2.25. The predicted octanol–water partition coefficient (Wildman–Crippen LogP) is 8.63. The summed E-state index contributed by atoms with van der Waals surface area (Å²) in [6, 6.07) is 21.6. The van der Waals surface area contributed by atoms with E-state index in [1.54, 1.807) is 38.2 Å². The minimum absolute atomic E-state index is 0.269. The largest absolute Gasteiger partial charge is 0.415 e. The van der Waals surface area contributed by atoms with Gasteiger partial charge in [0.05, 0.1) is 26.4 Å². The van der Waals surface area contributed by atoms with Crippen molar-refractivity contribution in [1.29, 1.82) is 0 Å². The van der Waals surface area contributed by atoms with E-state index >= 15 is 0 Å². The molecule has 0 fully saturated rings. The fraction of sp³-hybridized carbons (Fsp3) is 0.435. The van der Waals surface area contributed by atoms with E-state index in [1.165, 1.54) is 0 Å². The quantitative estimate of drug-likeness (QED) is 0.111. The Bertz CT molecular complexity index is 1690. The molecule has 2 amide bonds. The summed E-state index contributed by atoms with van der Waals surface area (Å²) in [5.74, 6) is 1.01. The van der Waals surface area contributed by atoms with Gasteiger partial charge in [0.15, 0.2) is 0 Å². The molecule has 0 unspecified atom stereocenters. The molecule has 4 aromatic rings. The average Bonchev–Trinajstić information content (AvgIpc) is 3.19. The molecular weight excluding hydrogens is 709 g/mol. The number of amides is 2. The molecular formula is C46H58N2O8. The Morgan fingerprint density at radius 1 is 0.446 bits per heavy atom. The molecule has 8 bridgehead atoms. The second-order valence-corrected chi connectivity index (χ2v) is 14.1. The summed E-state index contributed by atoms with van der Waals surface area (Å²) >= 11 is 0. The second kappa shape index (κ2) is 20.4. The molecule has 4 aromatic carbocycles. The van der Waals surface area contributed by atoms with Crippen LogP contribution in [0.2, 0.25) is 0 Å². The SMILES string of the molecule is CCN(CC)C(=O)Oc1c(COC)c2cc(c1COC)Cc1ccc(cc1)Cc1cc(c(COC)c(OC(=O)N(CC)CC)c1COC)Cc1ccc(cc1)C2. The minimum Gasteiger partial charge on any atom is -0.409 e. The first-order chi connectivity index (χ1) is 27.2. The number of benzene rings is 4. The van der Waals surface area contributed by atoms with Gasteiger partial charge >= 0.3 is 12.2 Å². The number of carbonyl (C=O) groups is 2. The average molecular weight is 767 g/mol. The van der Waals surface area contributed by atoms with E-state index in [-0.39, 0.29) is 26.4 Å². The van der Waals surface area contributed by atoms with Crippen LogP contribution in [0.25, 0.3) is 0 Å². The van der Waals surface area contributed by atoms with Crippen molar-refractivity contribution in [2.45, 2.75) is 79.8 Å². The van der Waals surface area contributed by atoms with Crippen molar-refractivity contribution in [1.82, 2.24) is 9.80 Å². The molecule has 0 heterocycles. The van der Waals surface area contributed by atoms with Gasteiger partial charge in [0.25, 0.3) is 0 Å². The van der Waals surface area contributed by atoms with Crippen LogP contribution in [0.5, 0.6) is 11.5 Å². The van der Waals surface area contributed by atoms with E-state index in [0.29, 0.717) is 63.4 Å². The molecule has 0 aliphatic heterocycles. The summed E-state index contributed by atoms with van der Waals surface area (Å²) in [5.41, 5.74) is 11.8. The molecule has 4 aliphatic carbocycles. The van der Waals surface area contributed by atoms with Gasteiger partial charge in [-0.1, -0.05) is 60.7 Å². The zero-order chi connectivity index (χ0) is 40.2. The lowest BCUT2D eigenvalue weighted by Crippen LogP contribution is -2.33. The smallest absolute Gasteiger partial charge is 0.409 e. The number of carbonyl (C=O) groups excluding carboxylic acids is 2. The molecule has 0 atom stereocenters. The van der Waals surface area contributed by atoms with Crippen molar-refractivity contribution in [2.75, 3.05) is 54.6 Å². The summed E-state index contributed by atoms with van der Waals surface area (Å²) in [7, 11) is 6.63. The first-order valence-corrected chi connectivity index (χ1v) is 19.6. The zero-order valence-electron chi connectivity index (χ0n) is 34.4. The molecule has 4 aliphatic rings. The Balaban J connectivity index is 1.71. The summed E-state index contributed by atoms with van der Waals surface area (Å²) in [6.45, 7) is 11.0. The highest BCUT2D eigenvalue weighted by Crippen LogP contribution is 2.38. The molecule has 8 rings (SSSR count). The lowest BCUT2D eigenvalue weighted by atomic mass is 9.88. The minimum atomic E-state index is -0.397. The van der Waals surface area contributed by atoms with Gasteiger partial charge in [-0.3, -0.25) is 0 Å². The standard InChI is InChI=1S/C46H58N2O8/c1-9-47(10-2)45(49)55-43-39(27-51-5)35-21-31-13-17-33(18-14-31)23-37-26-38(24-34-19-15-32(16-20-34)22-36(25-35)40(43)28-52-6)42(30-54-8)44(41(37)29-53-7)56-46(50)48(11-3)12-4/h13-20,25-26H,9-12,21-24,27-30H2,1-8H3. The van der Waals surface area contributed by atoms with Crippen LogP contribution in [0.1, 0.15) is 94.5 Å². The first kappa shape index (κ1) is 42.4. The van der Waals surface area contributed by atoms with E-state index in [4.69, 9.17) is 28.4 Å². The van der Waals surface area contributed by atoms with Crippen LogP contribution in [0.4, 0.5) is 9.59 Å². The highest BCUT2D eigenvalue weighted by atomic mass is 16.6. The van der Waals surface area contributed by atoms with Crippen molar-refractivity contribution >= 4 is 12.2 Å². The third kappa shape index (κ3) is 9.97. The molecule has 0 radical (unpaired) electrons. The molecule has 0 saturated heterocycles. The number of nitrogens with zero attached hydrogens (tertiary/aromatic N) is 2. The number of ether oxygens (including phenoxy) is 6. The molecule has 0 saturated carbocycles. The van der Waals surface area contributed by atoms with E-state index < -0.39 is 12.2 Å². The highest BCUT2D eigenvalue weighted by Gasteiger charge is 2.26. The van der Waals surface area contributed by atoms with Gasteiger partial charge in [-0.25, -0.2) is 9.59 Å². The summed E-state index contributed by atoms with van der Waals surface area (Å²) < 4.78 is 35.6. The van der Waals surface area contributed by atoms with Gasteiger partial charge in [-0.2, -0.15) is 0 Å². The van der Waals surface area contributed by atoms with Crippen LogP contribution in [-0.4, -0.2) is 76.6 Å². The molecule has 10 nitrogen and oxygen atoms in total. The fourth-order valence-corrected chi connectivity index (χ4v) is 7.50. The van der Waals surface area contributed by atoms with E-state index in [1.807, 2.05) is 27.7 Å². The highest BCUT2D eigenvalue weighted by molar-refractivity contribution is 5.73. The van der Waals surface area contributed by atoms with Crippen LogP contribution in [0, 0.1) is 0 Å². The Morgan fingerprint density at radius 2 is 0.679 bits per heavy atom. The number of rotatable bonds is 14. The van der Waals surface area contributed by atoms with Crippen LogP contribution in [0.3, 0.4) is 0 Å². The summed E-state index contributed by atoms with van der Waals surface area (Å²) in [5, 5.41) is 0. The molecule has 0 aromatic heterocycles. The first-order valence-electron chi connectivity index (χ1n) is 19.6. The van der Waals surface area contributed by atoms with Crippen LogP contribution < -0.4 is 9.47 Å². The molecule has 0 spiro atoms. The second-order valence-electron chi connectivity index (χ2n) is 14.1. The van der Waals surface area contributed by atoms with Crippen LogP contribution >= 0.6 is 0 Å².